The van der Waals surface area contributed by atoms with E-state index >= 15 is 0 Å². The van der Waals surface area contributed by atoms with Gasteiger partial charge in [0.05, 0.1) is 23.6 Å². The third-order valence-corrected chi connectivity index (χ3v) is 3.47. The summed E-state index contributed by atoms with van der Waals surface area (Å²) < 4.78 is 4.94. The van der Waals surface area contributed by atoms with Crippen LogP contribution >= 0.6 is 0 Å². The lowest BCUT2D eigenvalue weighted by Gasteiger charge is -2.09. The zero-order chi connectivity index (χ0) is 16.5. The summed E-state index contributed by atoms with van der Waals surface area (Å²) in [4.78, 5) is 16.7. The molecule has 1 aromatic carbocycles. The summed E-state index contributed by atoms with van der Waals surface area (Å²) in [6, 6.07) is 13.7. The molecule has 0 bridgehead atoms. The summed E-state index contributed by atoms with van der Waals surface area (Å²) in [6.07, 6.45) is 0. The fraction of sp³-hybridized carbons (Fsp3) is 0.333. The van der Waals surface area contributed by atoms with Crippen molar-refractivity contribution in [3.8, 4) is 11.3 Å². The van der Waals surface area contributed by atoms with E-state index in [-0.39, 0.29) is 5.91 Å². The van der Waals surface area contributed by atoms with E-state index in [9.17, 15) is 4.79 Å². The van der Waals surface area contributed by atoms with Crippen molar-refractivity contribution >= 4 is 5.91 Å². The van der Waals surface area contributed by atoms with E-state index in [1.165, 1.54) is 0 Å². The van der Waals surface area contributed by atoms with Crippen LogP contribution in [0.3, 0.4) is 0 Å². The molecule has 1 heterocycles. The Morgan fingerprint density at radius 1 is 1.09 bits per heavy atom. The van der Waals surface area contributed by atoms with Gasteiger partial charge in [0.15, 0.2) is 0 Å². The average Bonchev–Trinajstić information content (AvgIpc) is 2.58. The van der Waals surface area contributed by atoms with Crippen LogP contribution in [0.25, 0.3) is 11.3 Å². The Morgan fingerprint density at radius 2 is 1.87 bits per heavy atom. The molecule has 0 aliphatic rings. The molecule has 5 nitrogen and oxygen atoms in total. The minimum atomic E-state index is -0.0943. The van der Waals surface area contributed by atoms with Crippen LogP contribution in [0.4, 0.5) is 0 Å². The first-order valence-corrected chi connectivity index (χ1v) is 7.73. The number of hydrogen-bond donors (Lipinski definition) is 2. The van der Waals surface area contributed by atoms with Crippen LogP contribution in [0.5, 0.6) is 0 Å². The number of ether oxygens (including phenoxy) is 1. The van der Waals surface area contributed by atoms with Crippen LogP contribution in [0.2, 0.25) is 0 Å². The fourth-order valence-electron chi connectivity index (χ4n) is 2.23. The Hall–Kier alpha value is -2.24. The highest BCUT2D eigenvalue weighted by atomic mass is 16.5. The predicted octanol–water partition coefficient (Wildman–Crippen LogP) is 2.02. The smallest absolute Gasteiger partial charge is 0.253 e. The number of nitrogens with one attached hydrogen (secondary N) is 2. The van der Waals surface area contributed by atoms with E-state index < -0.39 is 0 Å². The monoisotopic (exact) mass is 313 g/mol. The van der Waals surface area contributed by atoms with E-state index in [0.29, 0.717) is 25.3 Å². The van der Waals surface area contributed by atoms with Crippen molar-refractivity contribution in [1.82, 2.24) is 15.6 Å². The Kier molecular flexibility index (Phi) is 6.72. The molecule has 1 amide bonds. The second-order valence-electron chi connectivity index (χ2n) is 5.19. The van der Waals surface area contributed by atoms with Gasteiger partial charge in [0.1, 0.15) is 0 Å². The number of aryl methyl sites for hydroxylation is 1. The number of methoxy groups -OCH3 is 1. The van der Waals surface area contributed by atoms with Crippen LogP contribution in [0.1, 0.15) is 16.1 Å². The van der Waals surface area contributed by atoms with Crippen LogP contribution in [0, 0.1) is 6.92 Å². The van der Waals surface area contributed by atoms with Crippen molar-refractivity contribution in [1.29, 1.82) is 0 Å². The van der Waals surface area contributed by atoms with Crippen LogP contribution < -0.4 is 10.6 Å². The highest BCUT2D eigenvalue weighted by Gasteiger charge is 2.10. The van der Waals surface area contributed by atoms with Crippen molar-refractivity contribution in [2.45, 2.75) is 6.92 Å². The zero-order valence-electron chi connectivity index (χ0n) is 13.6. The summed E-state index contributed by atoms with van der Waals surface area (Å²) in [6.45, 7) is 4.58. The van der Waals surface area contributed by atoms with Gasteiger partial charge in [0.25, 0.3) is 5.91 Å². The minimum Gasteiger partial charge on any atom is -0.383 e. The van der Waals surface area contributed by atoms with E-state index in [2.05, 4.69) is 15.6 Å². The molecule has 0 radical (unpaired) electrons. The molecule has 0 spiro atoms. The molecule has 5 heteroatoms. The van der Waals surface area contributed by atoms with Gasteiger partial charge in [-0.1, -0.05) is 30.3 Å². The van der Waals surface area contributed by atoms with Gasteiger partial charge >= 0.3 is 0 Å². The number of carbonyl (C=O) groups is 1. The standard InChI is InChI=1S/C18H23N3O2/c1-14-16(18(22)20-11-10-19-12-13-23-2)8-9-17(21-14)15-6-4-3-5-7-15/h3-9,19H,10-13H2,1-2H3,(H,20,22). The van der Waals surface area contributed by atoms with Crippen molar-refractivity contribution in [2.24, 2.45) is 0 Å². The fourth-order valence-corrected chi connectivity index (χ4v) is 2.23. The Morgan fingerprint density at radius 3 is 2.57 bits per heavy atom. The quantitative estimate of drug-likeness (QED) is 0.732. The van der Waals surface area contributed by atoms with Crippen molar-refractivity contribution in [2.75, 3.05) is 33.4 Å². The maximum atomic E-state index is 12.2. The topological polar surface area (TPSA) is 63.2 Å². The molecule has 0 aliphatic heterocycles. The molecule has 2 rings (SSSR count). The molecular formula is C18H23N3O2. The number of benzene rings is 1. The molecular weight excluding hydrogens is 290 g/mol. The number of pyridine rings is 1. The second kappa shape index (κ2) is 9.02. The van der Waals surface area contributed by atoms with E-state index in [0.717, 1.165) is 23.5 Å². The van der Waals surface area contributed by atoms with E-state index in [1.54, 1.807) is 7.11 Å². The predicted molar refractivity (Wildman–Crippen MR) is 91.5 cm³/mol. The lowest BCUT2D eigenvalue weighted by atomic mass is 10.1. The molecule has 0 aliphatic carbocycles. The number of aromatic nitrogens is 1. The molecule has 0 fully saturated rings. The molecule has 0 unspecified atom stereocenters. The zero-order valence-corrected chi connectivity index (χ0v) is 13.6. The van der Waals surface area contributed by atoms with Gasteiger partial charge < -0.3 is 15.4 Å². The van der Waals surface area contributed by atoms with Gasteiger partial charge in [-0.25, -0.2) is 0 Å². The summed E-state index contributed by atoms with van der Waals surface area (Å²) in [5.41, 5.74) is 3.27. The summed E-state index contributed by atoms with van der Waals surface area (Å²) in [5.74, 6) is -0.0943. The molecule has 0 atom stereocenters. The van der Waals surface area contributed by atoms with Crippen molar-refractivity contribution in [3.05, 3.63) is 53.7 Å². The first-order chi connectivity index (χ1) is 11.2. The maximum Gasteiger partial charge on any atom is 0.253 e. The number of carbonyl (C=O) groups excluding carboxylic acids is 1. The molecule has 2 aromatic rings. The van der Waals surface area contributed by atoms with Gasteiger partial charge in [-0.2, -0.15) is 0 Å². The molecule has 23 heavy (non-hydrogen) atoms. The SMILES string of the molecule is COCCNCCNC(=O)c1ccc(-c2ccccc2)nc1C. The number of nitrogens with zero attached hydrogens (tertiary/aromatic N) is 1. The van der Waals surface area contributed by atoms with Gasteiger partial charge in [-0.05, 0) is 19.1 Å². The summed E-state index contributed by atoms with van der Waals surface area (Å²) in [7, 11) is 1.67. The van der Waals surface area contributed by atoms with Gasteiger partial charge in [-0.15, -0.1) is 0 Å². The Bertz CT molecular complexity index is 629. The van der Waals surface area contributed by atoms with E-state index in [1.807, 2.05) is 49.4 Å². The lowest BCUT2D eigenvalue weighted by Crippen LogP contribution is -2.33. The Labute approximate surface area is 137 Å². The Balaban J connectivity index is 1.91. The normalized spacial score (nSPS) is 10.5. The lowest BCUT2D eigenvalue weighted by molar-refractivity contribution is 0.0952. The minimum absolute atomic E-state index is 0.0943. The second-order valence-corrected chi connectivity index (χ2v) is 5.19. The maximum absolute atomic E-state index is 12.2. The van der Waals surface area contributed by atoms with Gasteiger partial charge in [0.2, 0.25) is 0 Å². The third-order valence-electron chi connectivity index (χ3n) is 3.47. The average molecular weight is 313 g/mol. The van der Waals surface area contributed by atoms with Crippen LogP contribution in [-0.4, -0.2) is 44.2 Å². The first-order valence-electron chi connectivity index (χ1n) is 7.73. The third kappa shape index (κ3) is 5.16. The largest absolute Gasteiger partial charge is 0.383 e. The first kappa shape index (κ1) is 17.1. The molecule has 1 aromatic heterocycles. The molecule has 122 valence electrons. The number of hydrogen-bond acceptors (Lipinski definition) is 4. The van der Waals surface area contributed by atoms with Crippen LogP contribution in [0.15, 0.2) is 42.5 Å². The van der Waals surface area contributed by atoms with E-state index in [4.69, 9.17) is 4.74 Å². The summed E-state index contributed by atoms with van der Waals surface area (Å²) >= 11 is 0. The highest BCUT2D eigenvalue weighted by molar-refractivity contribution is 5.95. The highest BCUT2D eigenvalue weighted by Crippen LogP contribution is 2.18. The molecule has 0 saturated carbocycles. The number of rotatable bonds is 8. The van der Waals surface area contributed by atoms with Crippen LogP contribution in [-0.2, 0) is 4.74 Å². The van der Waals surface area contributed by atoms with Crippen molar-refractivity contribution < 1.29 is 9.53 Å². The van der Waals surface area contributed by atoms with Gasteiger partial charge in [0, 0.05) is 32.3 Å². The summed E-state index contributed by atoms with van der Waals surface area (Å²) in [5, 5.41) is 6.08. The van der Waals surface area contributed by atoms with Gasteiger partial charge in [-0.3, -0.25) is 9.78 Å². The molecule has 2 N–H and O–H groups in total. The molecule has 0 saturated heterocycles. The van der Waals surface area contributed by atoms with Crippen molar-refractivity contribution in [3.63, 3.8) is 0 Å². The number of amides is 1.